The Balaban J connectivity index is 0.00000441. The fraction of sp³-hybridized carbons (Fsp3) is 0.562. The Labute approximate surface area is 142 Å². The van der Waals surface area contributed by atoms with Crippen LogP contribution in [0.25, 0.3) is 0 Å². The zero-order valence-corrected chi connectivity index (χ0v) is 15.0. The first-order chi connectivity index (χ1) is 10.0. The molecular formula is C16H27ClN2O2S. The average Bonchev–Trinajstić information content (AvgIpc) is 2.42. The third kappa shape index (κ3) is 7.92. The van der Waals surface area contributed by atoms with E-state index in [1.807, 2.05) is 25.1 Å². The number of hydrogen-bond donors (Lipinski definition) is 2. The lowest BCUT2D eigenvalue weighted by atomic mass is 10.1. The van der Waals surface area contributed by atoms with E-state index < -0.39 is 10.8 Å². The van der Waals surface area contributed by atoms with Crippen LogP contribution >= 0.6 is 12.4 Å². The zero-order valence-electron chi connectivity index (χ0n) is 13.4. The Morgan fingerprint density at radius 1 is 1.23 bits per heavy atom. The number of nitrogens with one attached hydrogen (secondary N) is 1. The van der Waals surface area contributed by atoms with Gasteiger partial charge in [0.05, 0.1) is 0 Å². The van der Waals surface area contributed by atoms with Crippen LogP contribution in [0.5, 0.6) is 0 Å². The maximum absolute atomic E-state index is 11.9. The highest BCUT2D eigenvalue weighted by Gasteiger charge is 2.08. The predicted molar refractivity (Wildman–Crippen MR) is 97.0 cm³/mol. The summed E-state index contributed by atoms with van der Waals surface area (Å²) in [5.74, 6) is 0.565. The molecule has 0 radical (unpaired) electrons. The molecule has 22 heavy (non-hydrogen) atoms. The second-order valence-corrected chi connectivity index (χ2v) is 6.74. The van der Waals surface area contributed by atoms with E-state index >= 15 is 0 Å². The second kappa shape index (κ2) is 11.6. The number of unbranched alkanes of at least 4 members (excludes halogenated alkanes) is 3. The smallest absolute Gasteiger partial charge is 0.224 e. The summed E-state index contributed by atoms with van der Waals surface area (Å²) in [4.78, 5) is 11.9. The van der Waals surface area contributed by atoms with Gasteiger partial charge in [0.15, 0.2) is 0 Å². The Kier molecular flexibility index (Phi) is 11.1. The first kappa shape index (κ1) is 21.1. The van der Waals surface area contributed by atoms with E-state index in [2.05, 4.69) is 5.32 Å². The van der Waals surface area contributed by atoms with E-state index in [1.54, 1.807) is 6.26 Å². The van der Waals surface area contributed by atoms with Gasteiger partial charge in [-0.15, -0.1) is 12.4 Å². The maximum atomic E-state index is 11.9. The van der Waals surface area contributed by atoms with Gasteiger partial charge in [0, 0.05) is 34.9 Å². The Hall–Kier alpha value is -0.910. The van der Waals surface area contributed by atoms with Crippen molar-refractivity contribution in [3.05, 3.63) is 29.3 Å². The number of halogens is 1. The molecule has 1 rings (SSSR count). The van der Waals surface area contributed by atoms with Gasteiger partial charge in [-0.2, -0.15) is 0 Å². The molecule has 0 spiro atoms. The average molecular weight is 347 g/mol. The third-order valence-corrected chi connectivity index (χ3v) is 4.15. The minimum Gasteiger partial charge on any atom is -0.330 e. The minimum atomic E-state index is -0.879. The summed E-state index contributed by atoms with van der Waals surface area (Å²) in [6.45, 7) is 2.68. The fourth-order valence-corrected chi connectivity index (χ4v) is 2.94. The van der Waals surface area contributed by atoms with Gasteiger partial charge in [0.25, 0.3) is 0 Å². The van der Waals surface area contributed by atoms with Crippen LogP contribution in [0.2, 0.25) is 0 Å². The highest BCUT2D eigenvalue weighted by atomic mass is 35.5. The Bertz CT molecular complexity index is 495. The predicted octanol–water partition coefficient (Wildman–Crippen LogP) is 3.14. The van der Waals surface area contributed by atoms with Crippen LogP contribution in [0.3, 0.4) is 0 Å². The summed E-state index contributed by atoms with van der Waals surface area (Å²) < 4.78 is 11.3. The number of benzene rings is 1. The van der Waals surface area contributed by atoms with Crippen molar-refractivity contribution in [2.75, 3.05) is 18.1 Å². The molecule has 0 bridgehead atoms. The fourth-order valence-electron chi connectivity index (χ4n) is 2.19. The summed E-state index contributed by atoms with van der Waals surface area (Å²) in [5, 5.41) is 2.95. The lowest BCUT2D eigenvalue weighted by molar-refractivity contribution is -0.116. The van der Waals surface area contributed by atoms with Crippen LogP contribution in [0.15, 0.2) is 18.2 Å². The van der Waals surface area contributed by atoms with Crippen molar-refractivity contribution in [2.45, 2.75) is 44.8 Å². The lowest BCUT2D eigenvalue weighted by Crippen LogP contribution is -2.13. The minimum absolute atomic E-state index is 0. The topological polar surface area (TPSA) is 72.2 Å². The normalized spacial score (nSPS) is 11.6. The molecule has 0 fully saturated rings. The number of hydrogen-bond acceptors (Lipinski definition) is 3. The summed E-state index contributed by atoms with van der Waals surface area (Å²) in [6.07, 6.45) is 6.26. The molecule has 126 valence electrons. The highest BCUT2D eigenvalue weighted by molar-refractivity contribution is 7.83. The van der Waals surface area contributed by atoms with Crippen LogP contribution in [-0.4, -0.2) is 22.9 Å². The van der Waals surface area contributed by atoms with E-state index in [4.69, 9.17) is 5.73 Å². The molecule has 3 N–H and O–H groups in total. The molecule has 1 aromatic rings. The molecular weight excluding hydrogens is 320 g/mol. The van der Waals surface area contributed by atoms with Crippen LogP contribution in [0.1, 0.15) is 43.2 Å². The summed E-state index contributed by atoms with van der Waals surface area (Å²) in [6, 6.07) is 5.75. The first-order valence-corrected chi connectivity index (χ1v) is 9.15. The van der Waals surface area contributed by atoms with E-state index in [1.165, 1.54) is 0 Å². The molecule has 0 aliphatic heterocycles. The molecule has 1 aromatic carbocycles. The summed E-state index contributed by atoms with van der Waals surface area (Å²) >= 11 is 0. The Morgan fingerprint density at radius 2 is 1.91 bits per heavy atom. The van der Waals surface area contributed by atoms with Gasteiger partial charge >= 0.3 is 0 Å². The van der Waals surface area contributed by atoms with Gasteiger partial charge < -0.3 is 11.1 Å². The quantitative estimate of drug-likeness (QED) is 0.675. The van der Waals surface area contributed by atoms with Gasteiger partial charge in [0.1, 0.15) is 0 Å². The van der Waals surface area contributed by atoms with Gasteiger partial charge in [0.2, 0.25) is 5.91 Å². The maximum Gasteiger partial charge on any atom is 0.224 e. The number of carbonyl (C=O) groups excluding carboxylic acids is 1. The standard InChI is InChI=1S/C16H26N2O2S.ClH/c1-13-14(12-21(2)20)8-7-9-15(13)18-16(19)10-5-3-4-6-11-17;/h7-9H,3-6,10-12,17H2,1-2H3,(H,18,19);1H. The van der Waals surface area contributed by atoms with Gasteiger partial charge in [-0.3, -0.25) is 9.00 Å². The second-order valence-electron chi connectivity index (χ2n) is 5.31. The van der Waals surface area contributed by atoms with E-state index in [0.29, 0.717) is 12.2 Å². The number of nitrogens with two attached hydrogens (primary N) is 1. The molecule has 1 atom stereocenters. The van der Waals surface area contributed by atoms with Crippen molar-refractivity contribution >= 4 is 34.8 Å². The number of rotatable bonds is 9. The molecule has 0 heterocycles. The van der Waals surface area contributed by atoms with Crippen molar-refractivity contribution in [3.8, 4) is 0 Å². The largest absolute Gasteiger partial charge is 0.330 e. The molecule has 0 saturated carbocycles. The van der Waals surface area contributed by atoms with Crippen molar-refractivity contribution in [1.82, 2.24) is 0 Å². The highest BCUT2D eigenvalue weighted by Crippen LogP contribution is 2.20. The molecule has 0 saturated heterocycles. The van der Waals surface area contributed by atoms with E-state index in [9.17, 15) is 9.00 Å². The number of anilines is 1. The molecule has 0 aromatic heterocycles. The SMILES string of the molecule is Cc1c(CS(C)=O)cccc1NC(=O)CCCCCCN.Cl. The van der Waals surface area contributed by atoms with Crippen LogP contribution in [-0.2, 0) is 21.3 Å². The molecule has 1 amide bonds. The molecule has 4 nitrogen and oxygen atoms in total. The monoisotopic (exact) mass is 346 g/mol. The molecule has 0 aliphatic carbocycles. The van der Waals surface area contributed by atoms with Gasteiger partial charge in [-0.25, -0.2) is 0 Å². The Morgan fingerprint density at radius 3 is 2.55 bits per heavy atom. The lowest BCUT2D eigenvalue weighted by Gasteiger charge is -2.12. The van der Waals surface area contributed by atoms with Crippen LogP contribution < -0.4 is 11.1 Å². The van der Waals surface area contributed by atoms with Gasteiger partial charge in [-0.1, -0.05) is 25.0 Å². The third-order valence-electron chi connectivity index (χ3n) is 3.44. The van der Waals surface area contributed by atoms with Gasteiger partial charge in [-0.05, 0) is 43.5 Å². The molecule has 6 heteroatoms. The van der Waals surface area contributed by atoms with Crippen molar-refractivity contribution in [1.29, 1.82) is 0 Å². The number of carbonyl (C=O) groups is 1. The summed E-state index contributed by atoms with van der Waals surface area (Å²) in [5.41, 5.74) is 8.29. The molecule has 0 aliphatic rings. The number of amides is 1. The van der Waals surface area contributed by atoms with Crippen molar-refractivity contribution in [2.24, 2.45) is 5.73 Å². The van der Waals surface area contributed by atoms with Crippen molar-refractivity contribution in [3.63, 3.8) is 0 Å². The summed E-state index contributed by atoms with van der Waals surface area (Å²) in [7, 11) is -0.879. The van der Waals surface area contributed by atoms with Crippen LogP contribution in [0.4, 0.5) is 5.69 Å². The first-order valence-electron chi connectivity index (χ1n) is 7.43. The molecule has 1 unspecified atom stereocenters. The van der Waals surface area contributed by atoms with E-state index in [0.717, 1.165) is 49.0 Å². The van der Waals surface area contributed by atoms with E-state index in [-0.39, 0.29) is 18.3 Å². The van der Waals surface area contributed by atoms with Crippen molar-refractivity contribution < 1.29 is 9.00 Å². The zero-order chi connectivity index (χ0) is 15.7. The van der Waals surface area contributed by atoms with Crippen LogP contribution in [0, 0.1) is 6.92 Å².